The summed E-state index contributed by atoms with van der Waals surface area (Å²) in [6, 6.07) is 2.16. The maximum Gasteiger partial charge on any atom is 0.193 e. The van der Waals surface area contributed by atoms with Crippen LogP contribution in [0.2, 0.25) is 0 Å². The lowest BCUT2D eigenvalue weighted by Gasteiger charge is -2.22. The zero-order chi connectivity index (χ0) is 17.0. The number of nitrogens with one attached hydrogen (secondary N) is 1. The van der Waals surface area contributed by atoms with Gasteiger partial charge in [-0.15, -0.1) is 0 Å². The summed E-state index contributed by atoms with van der Waals surface area (Å²) in [5, 5.41) is 7.66. The van der Waals surface area contributed by atoms with E-state index in [9.17, 15) is 0 Å². The molecule has 0 aromatic carbocycles. The fraction of sp³-hybridized carbons (Fsp3) is 0.722. The van der Waals surface area contributed by atoms with Crippen LogP contribution < -0.4 is 5.32 Å². The standard InChI is InChI=1S/C18H31N3O2S/c1-3-19-18(21(2)13-17-7-12-24-15-17)20-8-4-9-23-14-16-5-10-22-11-6-16/h7,12,15-16H,3-6,8-11,13-14H2,1-2H3,(H,19,20). The lowest BCUT2D eigenvalue weighted by molar-refractivity contribution is 0.0205. The third kappa shape index (κ3) is 7.20. The summed E-state index contributed by atoms with van der Waals surface area (Å²) in [6.45, 7) is 8.10. The van der Waals surface area contributed by atoms with Crippen molar-refractivity contribution in [1.29, 1.82) is 0 Å². The van der Waals surface area contributed by atoms with E-state index in [0.29, 0.717) is 5.92 Å². The Morgan fingerprint density at radius 2 is 2.29 bits per heavy atom. The van der Waals surface area contributed by atoms with E-state index in [0.717, 1.165) is 71.3 Å². The van der Waals surface area contributed by atoms with Crippen molar-refractivity contribution >= 4 is 17.3 Å². The average molecular weight is 354 g/mol. The van der Waals surface area contributed by atoms with E-state index in [1.807, 2.05) is 0 Å². The highest BCUT2D eigenvalue weighted by atomic mass is 32.1. The van der Waals surface area contributed by atoms with Crippen LogP contribution >= 0.6 is 11.3 Å². The van der Waals surface area contributed by atoms with Crippen LogP contribution in [0.4, 0.5) is 0 Å². The molecule has 0 atom stereocenters. The fourth-order valence-corrected chi connectivity index (χ4v) is 3.38. The van der Waals surface area contributed by atoms with Gasteiger partial charge in [0.2, 0.25) is 0 Å². The molecule has 2 heterocycles. The number of thiophene rings is 1. The summed E-state index contributed by atoms with van der Waals surface area (Å²) in [5.41, 5.74) is 1.33. The Morgan fingerprint density at radius 1 is 1.46 bits per heavy atom. The van der Waals surface area contributed by atoms with Crippen LogP contribution in [0.25, 0.3) is 0 Å². The van der Waals surface area contributed by atoms with Gasteiger partial charge in [-0.3, -0.25) is 4.99 Å². The van der Waals surface area contributed by atoms with E-state index < -0.39 is 0 Å². The normalized spacial score (nSPS) is 16.3. The summed E-state index contributed by atoms with van der Waals surface area (Å²) in [7, 11) is 2.08. The molecule has 0 radical (unpaired) electrons. The molecule has 6 heteroatoms. The molecule has 136 valence electrons. The molecule has 0 aliphatic carbocycles. The maximum atomic E-state index is 5.80. The van der Waals surface area contributed by atoms with E-state index in [2.05, 4.69) is 41.0 Å². The molecule has 1 aromatic rings. The van der Waals surface area contributed by atoms with Crippen LogP contribution in [-0.2, 0) is 16.0 Å². The van der Waals surface area contributed by atoms with E-state index in [1.54, 1.807) is 11.3 Å². The lowest BCUT2D eigenvalue weighted by Crippen LogP contribution is -2.38. The first-order chi connectivity index (χ1) is 11.8. The van der Waals surface area contributed by atoms with Crippen molar-refractivity contribution in [3.8, 4) is 0 Å². The summed E-state index contributed by atoms with van der Waals surface area (Å²) < 4.78 is 11.2. The number of rotatable bonds is 9. The van der Waals surface area contributed by atoms with Gasteiger partial charge in [0, 0.05) is 53.1 Å². The zero-order valence-corrected chi connectivity index (χ0v) is 15.8. The number of hydrogen-bond donors (Lipinski definition) is 1. The van der Waals surface area contributed by atoms with Gasteiger partial charge < -0.3 is 19.7 Å². The molecule has 2 rings (SSSR count). The van der Waals surface area contributed by atoms with Crippen molar-refractivity contribution in [2.75, 3.05) is 46.6 Å². The van der Waals surface area contributed by atoms with Crippen LogP contribution in [0.3, 0.4) is 0 Å². The van der Waals surface area contributed by atoms with Crippen LogP contribution in [-0.4, -0.2) is 57.4 Å². The molecule has 0 bridgehead atoms. The lowest BCUT2D eigenvalue weighted by atomic mass is 10.0. The largest absolute Gasteiger partial charge is 0.381 e. The number of aliphatic imine (C=N–C) groups is 1. The monoisotopic (exact) mass is 353 g/mol. The summed E-state index contributed by atoms with van der Waals surface area (Å²) in [4.78, 5) is 6.89. The molecule has 5 nitrogen and oxygen atoms in total. The van der Waals surface area contributed by atoms with Gasteiger partial charge in [0.1, 0.15) is 0 Å². The van der Waals surface area contributed by atoms with Gasteiger partial charge in [0.05, 0.1) is 0 Å². The first kappa shape index (κ1) is 19.2. The molecule has 0 saturated carbocycles. The van der Waals surface area contributed by atoms with E-state index >= 15 is 0 Å². The Hall–Kier alpha value is -1.11. The van der Waals surface area contributed by atoms with Gasteiger partial charge in [0.25, 0.3) is 0 Å². The van der Waals surface area contributed by atoms with E-state index in [-0.39, 0.29) is 0 Å². The minimum Gasteiger partial charge on any atom is -0.381 e. The summed E-state index contributed by atoms with van der Waals surface area (Å²) in [5.74, 6) is 1.64. The number of ether oxygens (including phenoxy) is 2. The highest BCUT2D eigenvalue weighted by Gasteiger charge is 2.13. The third-order valence-corrected chi connectivity index (χ3v) is 4.83. The maximum absolute atomic E-state index is 5.80. The number of nitrogens with zero attached hydrogens (tertiary/aromatic N) is 2. The van der Waals surface area contributed by atoms with Crippen molar-refractivity contribution in [3.63, 3.8) is 0 Å². The minimum absolute atomic E-state index is 0.677. The molecular formula is C18H31N3O2S. The zero-order valence-electron chi connectivity index (χ0n) is 15.0. The molecule has 24 heavy (non-hydrogen) atoms. The SMILES string of the molecule is CCNC(=NCCCOCC1CCOCC1)N(C)Cc1ccsc1. The second-order valence-electron chi connectivity index (χ2n) is 6.21. The Kier molecular flexibility index (Phi) is 9.16. The van der Waals surface area contributed by atoms with Gasteiger partial charge in [-0.1, -0.05) is 0 Å². The highest BCUT2D eigenvalue weighted by molar-refractivity contribution is 7.07. The van der Waals surface area contributed by atoms with Crippen LogP contribution in [0.5, 0.6) is 0 Å². The topological polar surface area (TPSA) is 46.1 Å². The Labute approximate surface area is 150 Å². The third-order valence-electron chi connectivity index (χ3n) is 4.10. The van der Waals surface area contributed by atoms with Crippen molar-refractivity contribution in [2.45, 2.75) is 32.7 Å². The van der Waals surface area contributed by atoms with Gasteiger partial charge in [-0.25, -0.2) is 0 Å². The number of hydrogen-bond acceptors (Lipinski definition) is 4. The minimum atomic E-state index is 0.677. The van der Waals surface area contributed by atoms with Gasteiger partial charge in [-0.2, -0.15) is 11.3 Å². The Bertz CT molecular complexity index is 459. The molecule has 0 spiro atoms. The second-order valence-corrected chi connectivity index (χ2v) is 6.99. The molecule has 1 N–H and O–H groups in total. The van der Waals surface area contributed by atoms with Crippen molar-refractivity contribution in [2.24, 2.45) is 10.9 Å². The van der Waals surface area contributed by atoms with Crippen LogP contribution in [0, 0.1) is 5.92 Å². The smallest absolute Gasteiger partial charge is 0.193 e. The molecule has 1 aliphatic heterocycles. The molecule has 1 aliphatic rings. The fourth-order valence-electron chi connectivity index (χ4n) is 2.72. The van der Waals surface area contributed by atoms with Gasteiger partial charge in [0.15, 0.2) is 5.96 Å². The van der Waals surface area contributed by atoms with Gasteiger partial charge >= 0.3 is 0 Å². The quantitative estimate of drug-likeness (QED) is 0.421. The molecule has 0 amide bonds. The van der Waals surface area contributed by atoms with Crippen LogP contribution in [0.15, 0.2) is 21.8 Å². The first-order valence-electron chi connectivity index (χ1n) is 8.95. The second kappa shape index (κ2) is 11.4. The van der Waals surface area contributed by atoms with Crippen molar-refractivity contribution in [1.82, 2.24) is 10.2 Å². The molecule has 1 aromatic heterocycles. The van der Waals surface area contributed by atoms with Gasteiger partial charge in [-0.05, 0) is 54.5 Å². The summed E-state index contributed by atoms with van der Waals surface area (Å²) in [6.07, 6.45) is 3.23. The number of guanidine groups is 1. The Morgan fingerprint density at radius 3 is 3.00 bits per heavy atom. The molecular weight excluding hydrogens is 322 g/mol. The molecule has 0 unspecified atom stereocenters. The predicted octanol–water partition coefficient (Wildman–Crippen LogP) is 2.98. The Balaban J connectivity index is 1.64. The van der Waals surface area contributed by atoms with Crippen molar-refractivity contribution < 1.29 is 9.47 Å². The average Bonchev–Trinajstić information content (AvgIpc) is 3.10. The summed E-state index contributed by atoms with van der Waals surface area (Å²) >= 11 is 1.73. The van der Waals surface area contributed by atoms with E-state index in [4.69, 9.17) is 14.5 Å². The molecule has 1 fully saturated rings. The van der Waals surface area contributed by atoms with Crippen LogP contribution in [0.1, 0.15) is 31.7 Å². The van der Waals surface area contributed by atoms with Crippen molar-refractivity contribution in [3.05, 3.63) is 22.4 Å². The molecule has 1 saturated heterocycles. The first-order valence-corrected chi connectivity index (χ1v) is 9.90. The van der Waals surface area contributed by atoms with E-state index in [1.165, 1.54) is 5.56 Å². The highest BCUT2D eigenvalue weighted by Crippen LogP contribution is 2.14. The predicted molar refractivity (Wildman–Crippen MR) is 101 cm³/mol.